The van der Waals surface area contributed by atoms with Crippen molar-refractivity contribution in [1.29, 1.82) is 0 Å². The zero-order chi connectivity index (χ0) is 28.8. The zero-order valence-electron chi connectivity index (χ0n) is 21.9. The quantitative estimate of drug-likeness (QED) is 0.291. The molecule has 0 radical (unpaired) electrons. The molecule has 40 heavy (non-hydrogen) atoms. The number of benzene rings is 3. The maximum Gasteiger partial charge on any atom is 0.294 e. The fourth-order valence-corrected chi connectivity index (χ4v) is 5.14. The van der Waals surface area contributed by atoms with Crippen LogP contribution in [-0.4, -0.2) is 48.1 Å². The van der Waals surface area contributed by atoms with Crippen LogP contribution in [0.25, 0.3) is 6.08 Å². The van der Waals surface area contributed by atoms with E-state index in [9.17, 15) is 19.2 Å². The maximum atomic E-state index is 12.8. The molecule has 0 atom stereocenters. The highest BCUT2D eigenvalue weighted by Gasteiger charge is 2.36. The molecule has 1 heterocycles. The number of imide groups is 1. The van der Waals surface area contributed by atoms with Crippen molar-refractivity contribution in [2.75, 3.05) is 30.9 Å². The number of methoxy groups -OCH3 is 1. The van der Waals surface area contributed by atoms with Crippen molar-refractivity contribution in [2.24, 2.45) is 0 Å². The number of thioether (sulfide) groups is 1. The maximum absolute atomic E-state index is 12.8. The Balaban J connectivity index is 1.32. The molecule has 0 spiro atoms. The molecule has 9 nitrogen and oxygen atoms in total. The van der Waals surface area contributed by atoms with E-state index in [1.807, 2.05) is 26.0 Å². The lowest BCUT2D eigenvalue weighted by atomic mass is 10.1. The van der Waals surface area contributed by atoms with Gasteiger partial charge < -0.3 is 20.1 Å². The fraction of sp³-hybridized carbons (Fsp3) is 0.172. The van der Waals surface area contributed by atoms with E-state index < -0.39 is 23.6 Å². The van der Waals surface area contributed by atoms with Crippen LogP contribution in [0.3, 0.4) is 0 Å². The molecule has 0 aliphatic carbocycles. The lowest BCUT2D eigenvalue weighted by Crippen LogP contribution is -2.36. The van der Waals surface area contributed by atoms with E-state index in [1.165, 1.54) is 7.11 Å². The number of aryl methyl sites for hydroxylation is 2. The Morgan fingerprint density at radius 1 is 0.950 bits per heavy atom. The molecule has 11 heteroatoms. The smallest absolute Gasteiger partial charge is 0.294 e. The lowest BCUT2D eigenvalue weighted by molar-refractivity contribution is -0.127. The highest BCUT2D eigenvalue weighted by molar-refractivity contribution is 9.10. The minimum Gasteiger partial charge on any atom is -0.495 e. The van der Waals surface area contributed by atoms with Gasteiger partial charge in [0.05, 0.1) is 23.4 Å². The van der Waals surface area contributed by atoms with Gasteiger partial charge in [-0.15, -0.1) is 0 Å². The number of amides is 4. The Morgan fingerprint density at radius 2 is 1.62 bits per heavy atom. The Hall–Kier alpha value is -4.09. The van der Waals surface area contributed by atoms with Crippen LogP contribution >= 0.6 is 27.7 Å². The van der Waals surface area contributed by atoms with Crippen LogP contribution in [0.4, 0.5) is 16.2 Å². The van der Waals surface area contributed by atoms with Gasteiger partial charge in [0.15, 0.2) is 6.61 Å². The molecule has 1 aliphatic heterocycles. The number of nitrogens with zero attached hydrogens (tertiary/aromatic N) is 1. The standard InChI is InChI=1S/C29H26BrN3O6S/c1-17-12-21(30)23(13-18(17)2)32-27(35)16-39-20-10-8-19(9-11-20)14-25-28(36)33(29(37)40-25)15-26(34)31-22-6-4-5-7-24(22)38-3/h4-14H,15-16H2,1-3H3,(H,31,34)(H,32,35)/b25-14+. The van der Waals surface area contributed by atoms with Crippen molar-refractivity contribution < 1.29 is 28.7 Å². The fourth-order valence-electron chi connectivity index (χ4n) is 3.74. The summed E-state index contributed by atoms with van der Waals surface area (Å²) in [4.78, 5) is 51.2. The molecule has 0 unspecified atom stereocenters. The molecule has 1 saturated heterocycles. The summed E-state index contributed by atoms with van der Waals surface area (Å²) in [5.41, 5.74) is 3.93. The van der Waals surface area contributed by atoms with Crippen molar-refractivity contribution in [3.05, 3.63) is 86.7 Å². The lowest BCUT2D eigenvalue weighted by Gasteiger charge is -2.14. The number of anilines is 2. The molecule has 2 N–H and O–H groups in total. The minimum absolute atomic E-state index is 0.186. The van der Waals surface area contributed by atoms with Crippen LogP contribution in [0.5, 0.6) is 11.5 Å². The topological polar surface area (TPSA) is 114 Å². The van der Waals surface area contributed by atoms with Crippen molar-refractivity contribution >= 4 is 68.1 Å². The normalized spacial score (nSPS) is 13.9. The first-order chi connectivity index (χ1) is 19.1. The monoisotopic (exact) mass is 623 g/mol. The summed E-state index contributed by atoms with van der Waals surface area (Å²) in [6.45, 7) is 3.35. The molecular formula is C29H26BrN3O6S. The van der Waals surface area contributed by atoms with Crippen LogP contribution in [-0.2, 0) is 14.4 Å². The molecule has 4 amide bonds. The van der Waals surface area contributed by atoms with Crippen molar-refractivity contribution in [3.63, 3.8) is 0 Å². The SMILES string of the molecule is COc1ccccc1NC(=O)CN1C(=O)S/C(=C/c2ccc(OCC(=O)Nc3cc(C)c(C)cc3Br)cc2)C1=O. The summed E-state index contributed by atoms with van der Waals surface area (Å²) in [7, 11) is 1.48. The van der Waals surface area contributed by atoms with Crippen LogP contribution in [0, 0.1) is 13.8 Å². The molecule has 0 aromatic heterocycles. The Labute approximate surface area is 244 Å². The molecule has 1 fully saturated rings. The van der Waals surface area contributed by atoms with Crippen molar-refractivity contribution in [2.45, 2.75) is 13.8 Å². The van der Waals surface area contributed by atoms with Crippen LogP contribution in [0.15, 0.2) is 70.0 Å². The van der Waals surface area contributed by atoms with Gasteiger partial charge in [-0.3, -0.25) is 24.1 Å². The van der Waals surface area contributed by atoms with Gasteiger partial charge in [-0.25, -0.2) is 0 Å². The first kappa shape index (κ1) is 28.9. The number of para-hydroxylation sites is 2. The molecular weight excluding hydrogens is 598 g/mol. The average Bonchev–Trinajstić information content (AvgIpc) is 3.18. The molecule has 3 aromatic rings. The van der Waals surface area contributed by atoms with E-state index in [-0.39, 0.29) is 17.4 Å². The summed E-state index contributed by atoms with van der Waals surface area (Å²) >= 11 is 4.22. The molecule has 0 bridgehead atoms. The number of carbonyl (C=O) groups excluding carboxylic acids is 4. The average molecular weight is 625 g/mol. The van der Waals surface area contributed by atoms with Gasteiger partial charge in [-0.2, -0.15) is 0 Å². The Kier molecular flexibility index (Phi) is 9.28. The first-order valence-corrected chi connectivity index (χ1v) is 13.7. The van der Waals surface area contributed by atoms with Gasteiger partial charge in [-0.1, -0.05) is 24.3 Å². The number of ether oxygens (including phenoxy) is 2. The summed E-state index contributed by atoms with van der Waals surface area (Å²) in [5, 5.41) is 4.94. The molecule has 4 rings (SSSR count). The Morgan fingerprint density at radius 3 is 2.35 bits per heavy atom. The second-order valence-corrected chi connectivity index (χ2v) is 10.7. The number of nitrogens with one attached hydrogen (secondary N) is 2. The highest BCUT2D eigenvalue weighted by Crippen LogP contribution is 2.33. The summed E-state index contributed by atoms with van der Waals surface area (Å²) in [6.07, 6.45) is 1.57. The number of rotatable bonds is 9. The number of hydrogen-bond donors (Lipinski definition) is 2. The minimum atomic E-state index is -0.556. The van der Waals surface area contributed by atoms with Crippen LogP contribution in [0.2, 0.25) is 0 Å². The molecule has 1 aliphatic rings. The van der Waals surface area contributed by atoms with Gasteiger partial charge in [0.25, 0.3) is 17.1 Å². The number of carbonyl (C=O) groups is 4. The van der Waals surface area contributed by atoms with Crippen molar-refractivity contribution in [1.82, 2.24) is 4.90 Å². The van der Waals surface area contributed by atoms with Crippen molar-refractivity contribution in [3.8, 4) is 11.5 Å². The predicted octanol–water partition coefficient (Wildman–Crippen LogP) is 5.77. The largest absolute Gasteiger partial charge is 0.495 e. The summed E-state index contributed by atoms with van der Waals surface area (Å²) in [6, 6.07) is 17.4. The van der Waals surface area contributed by atoms with Gasteiger partial charge in [0.1, 0.15) is 18.0 Å². The predicted molar refractivity (Wildman–Crippen MR) is 158 cm³/mol. The molecule has 0 saturated carbocycles. The van der Waals surface area contributed by atoms with Gasteiger partial charge in [-0.05, 0) is 101 Å². The van der Waals surface area contributed by atoms with Gasteiger partial charge in [0, 0.05) is 4.47 Å². The Bertz CT molecular complexity index is 1510. The number of hydrogen-bond acceptors (Lipinski definition) is 7. The summed E-state index contributed by atoms with van der Waals surface area (Å²) in [5.74, 6) is -0.459. The van der Waals surface area contributed by atoms with E-state index in [4.69, 9.17) is 9.47 Å². The van der Waals surface area contributed by atoms with E-state index >= 15 is 0 Å². The third-order valence-corrected chi connectivity index (χ3v) is 7.53. The van der Waals surface area contributed by atoms with E-state index in [0.717, 1.165) is 32.3 Å². The summed E-state index contributed by atoms with van der Waals surface area (Å²) < 4.78 is 11.6. The number of halogens is 1. The molecule has 206 valence electrons. The zero-order valence-corrected chi connectivity index (χ0v) is 24.4. The van der Waals surface area contributed by atoms with Crippen LogP contribution < -0.4 is 20.1 Å². The molecule has 3 aromatic carbocycles. The third-order valence-electron chi connectivity index (χ3n) is 5.96. The first-order valence-electron chi connectivity index (χ1n) is 12.1. The van der Waals surface area contributed by atoms with E-state index in [2.05, 4.69) is 26.6 Å². The van der Waals surface area contributed by atoms with E-state index in [0.29, 0.717) is 28.4 Å². The third kappa shape index (κ3) is 7.10. The van der Waals surface area contributed by atoms with Crippen LogP contribution in [0.1, 0.15) is 16.7 Å². The van der Waals surface area contributed by atoms with Gasteiger partial charge in [0.2, 0.25) is 5.91 Å². The van der Waals surface area contributed by atoms with E-state index in [1.54, 1.807) is 54.6 Å². The second-order valence-electron chi connectivity index (χ2n) is 8.84. The second kappa shape index (κ2) is 12.8. The van der Waals surface area contributed by atoms with Gasteiger partial charge >= 0.3 is 0 Å². The highest BCUT2D eigenvalue weighted by atomic mass is 79.9.